The summed E-state index contributed by atoms with van der Waals surface area (Å²) in [5.41, 5.74) is 2.01. The Morgan fingerprint density at radius 1 is 1.35 bits per heavy atom. The van der Waals surface area contributed by atoms with Gasteiger partial charge in [0.25, 0.3) is 0 Å². The van der Waals surface area contributed by atoms with Gasteiger partial charge in [-0.2, -0.15) is 10.2 Å². The minimum atomic E-state index is -0.0883. The van der Waals surface area contributed by atoms with Crippen LogP contribution in [0.15, 0.2) is 18.5 Å². The van der Waals surface area contributed by atoms with Crippen molar-refractivity contribution in [2.24, 2.45) is 0 Å². The van der Waals surface area contributed by atoms with Crippen LogP contribution in [-0.4, -0.2) is 62.0 Å². The number of rotatable bonds is 5. The zero-order valence-electron chi connectivity index (χ0n) is 15.5. The van der Waals surface area contributed by atoms with Crippen LogP contribution in [0.2, 0.25) is 0 Å². The molecule has 1 aliphatic heterocycles. The Hall–Kier alpha value is -2.48. The Morgan fingerprint density at radius 3 is 2.81 bits per heavy atom. The smallest absolute Gasteiger partial charge is 0.244 e. The van der Waals surface area contributed by atoms with E-state index in [0.29, 0.717) is 37.5 Å². The Bertz CT molecular complexity index is 781. The van der Waals surface area contributed by atoms with Gasteiger partial charge in [0.2, 0.25) is 5.91 Å². The first-order valence-corrected chi connectivity index (χ1v) is 8.87. The van der Waals surface area contributed by atoms with Crippen molar-refractivity contribution < 1.29 is 14.3 Å². The highest BCUT2D eigenvalue weighted by Crippen LogP contribution is 2.15. The Morgan fingerprint density at radius 2 is 2.15 bits per heavy atom. The van der Waals surface area contributed by atoms with Crippen LogP contribution in [0, 0.1) is 13.8 Å². The molecule has 1 amide bonds. The van der Waals surface area contributed by atoms with Gasteiger partial charge in [-0.15, -0.1) is 0 Å². The van der Waals surface area contributed by atoms with Crippen molar-refractivity contribution in [2.75, 3.05) is 19.7 Å². The molecule has 0 aliphatic carbocycles. The molecule has 0 saturated carbocycles. The molecule has 0 aromatic carbocycles. The molecule has 1 atom stereocenters. The number of ether oxygens (including phenoxy) is 1. The van der Waals surface area contributed by atoms with Gasteiger partial charge in [-0.25, -0.2) is 0 Å². The van der Waals surface area contributed by atoms with E-state index in [2.05, 4.69) is 10.2 Å². The van der Waals surface area contributed by atoms with E-state index in [9.17, 15) is 9.59 Å². The van der Waals surface area contributed by atoms with Crippen LogP contribution in [0.4, 0.5) is 0 Å². The fourth-order valence-electron chi connectivity index (χ4n) is 3.44. The number of Topliss-reactive ketones (excluding diaryl/α,β-unsaturated/α-hetero) is 1. The molecule has 1 aliphatic rings. The number of hydrogen-bond acceptors (Lipinski definition) is 5. The molecule has 8 heteroatoms. The summed E-state index contributed by atoms with van der Waals surface area (Å²) in [6.45, 7) is 7.71. The molecule has 2 aromatic rings. The second-order valence-electron chi connectivity index (χ2n) is 6.67. The number of aryl methyl sites for hydroxylation is 1. The average molecular weight is 359 g/mol. The lowest BCUT2D eigenvalue weighted by Gasteiger charge is -2.24. The van der Waals surface area contributed by atoms with Crippen LogP contribution in [0.25, 0.3) is 0 Å². The largest absolute Gasteiger partial charge is 0.374 e. The lowest BCUT2D eigenvalue weighted by Crippen LogP contribution is -2.40. The van der Waals surface area contributed by atoms with Crippen LogP contribution in [0.1, 0.15) is 35.1 Å². The van der Waals surface area contributed by atoms with Gasteiger partial charge in [-0.3, -0.25) is 19.0 Å². The number of carbonyl (C=O) groups excluding carboxylic acids is 2. The van der Waals surface area contributed by atoms with Gasteiger partial charge in [0, 0.05) is 37.8 Å². The summed E-state index contributed by atoms with van der Waals surface area (Å²) < 4.78 is 9.31. The summed E-state index contributed by atoms with van der Waals surface area (Å²) in [6, 6.07) is 1.87. The molecule has 0 radical (unpaired) electrons. The first kappa shape index (κ1) is 18.3. The summed E-state index contributed by atoms with van der Waals surface area (Å²) in [4.78, 5) is 26.4. The predicted octanol–water partition coefficient (Wildman–Crippen LogP) is 1.22. The van der Waals surface area contributed by atoms with Crippen molar-refractivity contribution in [3.05, 3.63) is 35.4 Å². The van der Waals surface area contributed by atoms with Crippen LogP contribution >= 0.6 is 0 Å². The highest BCUT2D eigenvalue weighted by Gasteiger charge is 2.25. The third-order valence-electron chi connectivity index (χ3n) is 4.67. The zero-order valence-corrected chi connectivity index (χ0v) is 15.5. The fraction of sp³-hybridized carbons (Fsp3) is 0.556. The SMILES string of the molecule is CC(=O)c1c(C)nn(CC(=O)N2CCCO[C@@H](Cn3cccn3)C2)c1C. The highest BCUT2D eigenvalue weighted by atomic mass is 16.5. The zero-order chi connectivity index (χ0) is 18.7. The van der Waals surface area contributed by atoms with Crippen LogP contribution < -0.4 is 0 Å². The average Bonchev–Trinajstić information content (AvgIpc) is 3.09. The first-order valence-electron chi connectivity index (χ1n) is 8.87. The van der Waals surface area contributed by atoms with E-state index in [1.807, 2.05) is 28.8 Å². The molecule has 8 nitrogen and oxygen atoms in total. The molecule has 0 bridgehead atoms. The van der Waals surface area contributed by atoms with Crippen molar-refractivity contribution in [2.45, 2.75) is 46.4 Å². The molecule has 1 fully saturated rings. The summed E-state index contributed by atoms with van der Waals surface area (Å²) in [6.07, 6.45) is 4.33. The van der Waals surface area contributed by atoms with Gasteiger partial charge in [0.1, 0.15) is 6.54 Å². The van der Waals surface area contributed by atoms with Gasteiger partial charge in [0.05, 0.1) is 23.9 Å². The number of aromatic nitrogens is 4. The van der Waals surface area contributed by atoms with E-state index >= 15 is 0 Å². The molecule has 1 saturated heterocycles. The van der Waals surface area contributed by atoms with Crippen LogP contribution in [0.5, 0.6) is 0 Å². The normalized spacial score (nSPS) is 18.0. The lowest BCUT2D eigenvalue weighted by atomic mass is 10.1. The Balaban J connectivity index is 1.68. The topological polar surface area (TPSA) is 82.3 Å². The van der Waals surface area contributed by atoms with Gasteiger partial charge < -0.3 is 9.64 Å². The fourth-order valence-corrected chi connectivity index (χ4v) is 3.44. The van der Waals surface area contributed by atoms with Gasteiger partial charge in [-0.05, 0) is 33.3 Å². The number of carbonyl (C=O) groups is 2. The van der Waals surface area contributed by atoms with Crippen molar-refractivity contribution >= 4 is 11.7 Å². The molecule has 2 aromatic heterocycles. The monoisotopic (exact) mass is 359 g/mol. The maximum atomic E-state index is 12.8. The summed E-state index contributed by atoms with van der Waals surface area (Å²) in [7, 11) is 0. The number of nitrogens with zero attached hydrogens (tertiary/aromatic N) is 5. The molecular formula is C18H25N5O3. The molecule has 3 heterocycles. The van der Waals surface area contributed by atoms with Crippen LogP contribution in [-0.2, 0) is 22.6 Å². The third kappa shape index (κ3) is 4.01. The number of amides is 1. The second-order valence-corrected chi connectivity index (χ2v) is 6.67. The van der Waals surface area contributed by atoms with Crippen molar-refractivity contribution in [3.8, 4) is 0 Å². The number of hydrogen-bond donors (Lipinski definition) is 0. The van der Waals surface area contributed by atoms with E-state index in [1.54, 1.807) is 17.8 Å². The van der Waals surface area contributed by atoms with Crippen molar-refractivity contribution in [3.63, 3.8) is 0 Å². The van der Waals surface area contributed by atoms with E-state index < -0.39 is 0 Å². The maximum absolute atomic E-state index is 12.8. The highest BCUT2D eigenvalue weighted by molar-refractivity contribution is 5.96. The standard InChI is InChI=1S/C18H25N5O3/c1-13-18(15(3)24)14(2)23(20-13)12-17(25)21-7-5-9-26-16(10-21)11-22-8-4-6-19-22/h4,6,8,16H,5,7,9-12H2,1-3H3/t16-/m1/s1. The van der Waals surface area contributed by atoms with Crippen molar-refractivity contribution in [1.82, 2.24) is 24.5 Å². The molecule has 0 unspecified atom stereocenters. The number of ketones is 1. The van der Waals surface area contributed by atoms with E-state index in [1.165, 1.54) is 6.92 Å². The van der Waals surface area contributed by atoms with Crippen LogP contribution in [0.3, 0.4) is 0 Å². The lowest BCUT2D eigenvalue weighted by molar-refractivity contribution is -0.133. The quantitative estimate of drug-likeness (QED) is 0.750. The van der Waals surface area contributed by atoms with Crippen molar-refractivity contribution in [1.29, 1.82) is 0 Å². The summed E-state index contributed by atoms with van der Waals surface area (Å²) in [5.74, 6) is -0.0391. The second kappa shape index (κ2) is 7.82. The molecular weight excluding hydrogens is 334 g/mol. The van der Waals surface area contributed by atoms with Gasteiger partial charge in [0.15, 0.2) is 5.78 Å². The Kier molecular flexibility index (Phi) is 5.51. The van der Waals surface area contributed by atoms with E-state index in [4.69, 9.17) is 4.74 Å². The van der Waals surface area contributed by atoms with E-state index in [0.717, 1.165) is 12.1 Å². The molecule has 26 heavy (non-hydrogen) atoms. The minimum Gasteiger partial charge on any atom is -0.374 e. The summed E-state index contributed by atoms with van der Waals surface area (Å²) >= 11 is 0. The van der Waals surface area contributed by atoms with E-state index in [-0.39, 0.29) is 24.3 Å². The molecule has 140 valence electrons. The van der Waals surface area contributed by atoms with Gasteiger partial charge in [-0.1, -0.05) is 0 Å². The molecule has 3 rings (SSSR count). The predicted molar refractivity (Wildman–Crippen MR) is 94.9 cm³/mol. The maximum Gasteiger partial charge on any atom is 0.244 e. The Labute approximate surface area is 152 Å². The first-order chi connectivity index (χ1) is 12.5. The van der Waals surface area contributed by atoms with Gasteiger partial charge >= 0.3 is 0 Å². The molecule has 0 spiro atoms. The molecule has 0 N–H and O–H groups in total. The summed E-state index contributed by atoms with van der Waals surface area (Å²) in [5, 5.41) is 8.58. The minimum absolute atomic E-state index is 0.0123. The third-order valence-corrected chi connectivity index (χ3v) is 4.67.